The summed E-state index contributed by atoms with van der Waals surface area (Å²) in [6, 6.07) is 10.5. The third kappa shape index (κ3) is 8.09. The summed E-state index contributed by atoms with van der Waals surface area (Å²) < 4.78 is 79.2. The Hall–Kier alpha value is -3.06. The summed E-state index contributed by atoms with van der Waals surface area (Å²) in [4.78, 5) is 17.7. The Morgan fingerprint density at radius 2 is 1.91 bits per heavy atom. The van der Waals surface area contributed by atoms with E-state index < -0.39 is 40.5 Å². The number of alkyl halides is 3. The Balaban J connectivity index is 1.63. The number of hydrogen-bond acceptors (Lipinski definition) is 8. The number of amides is 1. The molecule has 0 radical (unpaired) electrons. The van der Waals surface area contributed by atoms with E-state index in [0.717, 1.165) is 24.1 Å². The van der Waals surface area contributed by atoms with Gasteiger partial charge in [0.1, 0.15) is 18.5 Å². The normalized spacial score (nSPS) is 18.7. The maximum atomic E-state index is 12.6. The van der Waals surface area contributed by atoms with Crippen LogP contribution in [0.3, 0.4) is 0 Å². The van der Waals surface area contributed by atoms with E-state index in [1.54, 1.807) is 24.3 Å². The lowest BCUT2D eigenvalue weighted by Gasteiger charge is -2.23. The predicted molar refractivity (Wildman–Crippen MR) is 108 cm³/mol. The Labute approximate surface area is 188 Å². The number of pyridine rings is 1. The van der Waals surface area contributed by atoms with Gasteiger partial charge in [-0.3, -0.25) is 9.08 Å². The number of carbonyl (C=O) groups excluding carboxylic acids is 1. The van der Waals surface area contributed by atoms with Gasteiger partial charge in [0, 0.05) is 12.5 Å². The summed E-state index contributed by atoms with van der Waals surface area (Å²) in [6.07, 6.45) is -4.21. The SMILES string of the molecule is CS(=O)(=O)OC[C@@H]1C[C@H](Oc2ccc(OC(F)(F)F)cn2)CN1C(=O)OCc1ccccc1. The van der Waals surface area contributed by atoms with Gasteiger partial charge < -0.3 is 14.2 Å². The molecule has 1 aromatic heterocycles. The molecule has 0 bridgehead atoms. The molecule has 1 aliphatic heterocycles. The first-order chi connectivity index (χ1) is 15.5. The summed E-state index contributed by atoms with van der Waals surface area (Å²) in [7, 11) is -3.75. The first-order valence-corrected chi connectivity index (χ1v) is 11.5. The Morgan fingerprint density at radius 1 is 1.18 bits per heavy atom. The lowest BCUT2D eigenvalue weighted by Crippen LogP contribution is -2.39. The van der Waals surface area contributed by atoms with Crippen LogP contribution >= 0.6 is 0 Å². The van der Waals surface area contributed by atoms with Crippen molar-refractivity contribution in [3.05, 3.63) is 54.2 Å². The van der Waals surface area contributed by atoms with Crippen molar-refractivity contribution < 1.29 is 44.8 Å². The lowest BCUT2D eigenvalue weighted by molar-refractivity contribution is -0.274. The highest BCUT2D eigenvalue weighted by atomic mass is 32.2. The minimum Gasteiger partial charge on any atom is -0.472 e. The molecule has 0 spiro atoms. The number of likely N-dealkylation sites (tertiary alicyclic amines) is 1. The van der Waals surface area contributed by atoms with E-state index in [1.807, 2.05) is 6.07 Å². The standard InChI is InChI=1S/C20H21F3N2O7S/c1-33(27,28)30-13-15-9-17(31-18-8-7-16(10-24-18)32-20(21,22)23)11-25(15)19(26)29-12-14-5-3-2-4-6-14/h2-8,10,15,17H,9,11-13H2,1H3/t15-,17-/m0/s1. The summed E-state index contributed by atoms with van der Waals surface area (Å²) in [5, 5.41) is 0. The van der Waals surface area contributed by atoms with E-state index in [2.05, 4.69) is 9.72 Å². The molecule has 0 N–H and O–H groups in total. The van der Waals surface area contributed by atoms with Gasteiger partial charge in [0.05, 0.1) is 31.6 Å². The summed E-state index contributed by atoms with van der Waals surface area (Å²) in [6.45, 7) is -0.248. The molecule has 0 saturated carbocycles. The van der Waals surface area contributed by atoms with Crippen molar-refractivity contribution in [2.45, 2.75) is 31.5 Å². The maximum absolute atomic E-state index is 12.6. The molecule has 1 saturated heterocycles. The van der Waals surface area contributed by atoms with Gasteiger partial charge in [0.2, 0.25) is 5.88 Å². The van der Waals surface area contributed by atoms with Gasteiger partial charge in [-0.05, 0) is 11.6 Å². The first-order valence-electron chi connectivity index (χ1n) is 9.69. The summed E-state index contributed by atoms with van der Waals surface area (Å²) in [5.41, 5.74) is 0.771. The molecule has 1 amide bonds. The highest BCUT2D eigenvalue weighted by Gasteiger charge is 2.38. The molecule has 3 rings (SSSR count). The molecule has 1 fully saturated rings. The number of rotatable bonds is 8. The van der Waals surface area contributed by atoms with Crippen LogP contribution in [0.1, 0.15) is 12.0 Å². The van der Waals surface area contributed by atoms with Crippen LogP contribution in [-0.2, 0) is 25.6 Å². The molecule has 13 heteroatoms. The molecule has 1 aromatic carbocycles. The van der Waals surface area contributed by atoms with E-state index in [-0.39, 0.29) is 32.1 Å². The Bertz CT molecular complexity index is 1030. The van der Waals surface area contributed by atoms with Gasteiger partial charge in [-0.1, -0.05) is 30.3 Å². The molecule has 1 aliphatic rings. The average molecular weight is 490 g/mol. The monoisotopic (exact) mass is 490 g/mol. The van der Waals surface area contributed by atoms with Crippen LogP contribution in [-0.4, -0.2) is 62.3 Å². The number of ether oxygens (including phenoxy) is 3. The average Bonchev–Trinajstić information content (AvgIpc) is 3.14. The van der Waals surface area contributed by atoms with E-state index in [9.17, 15) is 26.4 Å². The smallest absolute Gasteiger partial charge is 0.472 e. The van der Waals surface area contributed by atoms with Crippen LogP contribution in [0.5, 0.6) is 11.6 Å². The molecular formula is C20H21F3N2O7S. The van der Waals surface area contributed by atoms with Crippen molar-refractivity contribution in [2.24, 2.45) is 0 Å². The summed E-state index contributed by atoms with van der Waals surface area (Å²) >= 11 is 0. The predicted octanol–water partition coefficient (Wildman–Crippen LogP) is 3.11. The second-order valence-electron chi connectivity index (χ2n) is 7.19. The molecule has 9 nitrogen and oxygen atoms in total. The Kier molecular flexibility index (Phi) is 7.64. The molecule has 2 aromatic rings. The molecular weight excluding hydrogens is 469 g/mol. The number of nitrogens with zero attached hydrogens (tertiary/aromatic N) is 2. The van der Waals surface area contributed by atoms with Crippen LogP contribution in [0.4, 0.5) is 18.0 Å². The molecule has 2 heterocycles. The highest BCUT2D eigenvalue weighted by Crippen LogP contribution is 2.26. The van der Waals surface area contributed by atoms with Crippen LogP contribution in [0.2, 0.25) is 0 Å². The highest BCUT2D eigenvalue weighted by molar-refractivity contribution is 7.85. The number of aromatic nitrogens is 1. The van der Waals surface area contributed by atoms with Gasteiger partial charge in [0.25, 0.3) is 10.1 Å². The Morgan fingerprint density at radius 3 is 2.52 bits per heavy atom. The van der Waals surface area contributed by atoms with Crippen molar-refractivity contribution in [1.82, 2.24) is 9.88 Å². The number of halogens is 3. The van der Waals surface area contributed by atoms with Crippen LogP contribution < -0.4 is 9.47 Å². The quantitative estimate of drug-likeness (QED) is 0.520. The third-order valence-corrected chi connectivity index (χ3v) is 5.08. The minimum absolute atomic E-state index is 0.0109. The van der Waals surface area contributed by atoms with Gasteiger partial charge in [-0.2, -0.15) is 8.42 Å². The number of hydrogen-bond donors (Lipinski definition) is 0. The van der Waals surface area contributed by atoms with Crippen LogP contribution in [0.25, 0.3) is 0 Å². The third-order valence-electron chi connectivity index (χ3n) is 4.52. The van der Waals surface area contributed by atoms with Crippen molar-refractivity contribution in [3.8, 4) is 11.6 Å². The molecule has 180 valence electrons. The van der Waals surface area contributed by atoms with Crippen LogP contribution in [0, 0.1) is 0 Å². The fourth-order valence-corrected chi connectivity index (χ4v) is 3.55. The zero-order valence-electron chi connectivity index (χ0n) is 17.4. The fourth-order valence-electron chi connectivity index (χ4n) is 3.15. The first kappa shape index (κ1) is 24.6. The molecule has 33 heavy (non-hydrogen) atoms. The fraction of sp³-hybridized carbons (Fsp3) is 0.400. The second-order valence-corrected chi connectivity index (χ2v) is 8.83. The molecule has 0 unspecified atom stereocenters. The van der Waals surface area contributed by atoms with Gasteiger partial charge >= 0.3 is 12.5 Å². The lowest BCUT2D eigenvalue weighted by atomic mass is 10.2. The van der Waals surface area contributed by atoms with Crippen molar-refractivity contribution in [1.29, 1.82) is 0 Å². The second kappa shape index (κ2) is 10.3. The van der Waals surface area contributed by atoms with E-state index in [0.29, 0.717) is 0 Å². The number of benzene rings is 1. The zero-order valence-corrected chi connectivity index (χ0v) is 18.2. The maximum Gasteiger partial charge on any atom is 0.573 e. The van der Waals surface area contributed by atoms with Crippen molar-refractivity contribution in [3.63, 3.8) is 0 Å². The van der Waals surface area contributed by atoms with Crippen molar-refractivity contribution >= 4 is 16.2 Å². The van der Waals surface area contributed by atoms with Gasteiger partial charge in [-0.15, -0.1) is 13.2 Å². The van der Waals surface area contributed by atoms with Crippen molar-refractivity contribution in [2.75, 3.05) is 19.4 Å². The van der Waals surface area contributed by atoms with E-state index in [1.165, 1.54) is 11.0 Å². The topological polar surface area (TPSA) is 104 Å². The van der Waals surface area contributed by atoms with E-state index >= 15 is 0 Å². The summed E-state index contributed by atoms with van der Waals surface area (Å²) in [5.74, 6) is -0.497. The molecule has 2 atom stereocenters. The zero-order chi connectivity index (χ0) is 24.1. The molecule has 0 aliphatic carbocycles. The van der Waals surface area contributed by atoms with Gasteiger partial charge in [0.15, 0.2) is 0 Å². The minimum atomic E-state index is -4.84. The van der Waals surface area contributed by atoms with Crippen LogP contribution in [0.15, 0.2) is 48.7 Å². The number of carbonyl (C=O) groups is 1. The largest absolute Gasteiger partial charge is 0.573 e. The van der Waals surface area contributed by atoms with E-state index in [4.69, 9.17) is 13.7 Å². The van der Waals surface area contributed by atoms with Gasteiger partial charge in [-0.25, -0.2) is 9.78 Å².